The van der Waals surface area contributed by atoms with Gasteiger partial charge in [0.1, 0.15) is 5.75 Å². The second kappa shape index (κ2) is 3.84. The Kier molecular flexibility index (Phi) is 2.78. The van der Waals surface area contributed by atoms with Crippen LogP contribution >= 0.6 is 11.6 Å². The number of alkyl halides is 3. The Labute approximate surface area is 96.2 Å². The fourth-order valence-corrected chi connectivity index (χ4v) is 2.27. The predicted molar refractivity (Wildman–Crippen MR) is 54.7 cm³/mol. The molecule has 0 bridgehead atoms. The molecule has 1 unspecified atom stereocenters. The standard InChI is InChI=1S/C11H10ClF3O/c1-6-2-7-4-9(12)10(5-8(7)3-6)16-11(13,14)15/h4-6H,2-3H2,1H3. The third-order valence-corrected chi connectivity index (χ3v) is 2.91. The van der Waals surface area contributed by atoms with Crippen molar-refractivity contribution in [1.82, 2.24) is 0 Å². The van der Waals surface area contributed by atoms with Crippen molar-refractivity contribution in [2.45, 2.75) is 26.1 Å². The summed E-state index contributed by atoms with van der Waals surface area (Å²) in [6, 6.07) is 2.97. The number of hydrogen-bond acceptors (Lipinski definition) is 1. The highest BCUT2D eigenvalue weighted by atomic mass is 35.5. The molecule has 1 aromatic rings. The lowest BCUT2D eigenvalue weighted by atomic mass is 10.1. The van der Waals surface area contributed by atoms with Gasteiger partial charge in [0.2, 0.25) is 0 Å². The number of fused-ring (bicyclic) bond motifs is 1. The molecule has 5 heteroatoms. The molecular weight excluding hydrogens is 241 g/mol. The van der Waals surface area contributed by atoms with Gasteiger partial charge >= 0.3 is 6.36 Å². The van der Waals surface area contributed by atoms with Crippen LogP contribution in [0.2, 0.25) is 5.02 Å². The van der Waals surface area contributed by atoms with Crippen molar-refractivity contribution in [1.29, 1.82) is 0 Å². The van der Waals surface area contributed by atoms with Crippen molar-refractivity contribution in [2.24, 2.45) is 5.92 Å². The zero-order chi connectivity index (χ0) is 11.9. The summed E-state index contributed by atoms with van der Waals surface area (Å²) in [5.41, 5.74) is 1.92. The summed E-state index contributed by atoms with van der Waals surface area (Å²) in [5.74, 6) is 0.147. The zero-order valence-corrected chi connectivity index (χ0v) is 9.32. The topological polar surface area (TPSA) is 9.23 Å². The number of rotatable bonds is 1. The predicted octanol–water partition coefficient (Wildman–Crippen LogP) is 3.97. The first-order valence-corrected chi connectivity index (χ1v) is 5.30. The Bertz CT molecular complexity index is 414. The second-order valence-corrected chi connectivity index (χ2v) is 4.52. The first-order valence-electron chi connectivity index (χ1n) is 4.92. The van der Waals surface area contributed by atoms with Gasteiger partial charge in [-0.05, 0) is 42.0 Å². The van der Waals surface area contributed by atoms with Gasteiger partial charge in [-0.3, -0.25) is 0 Å². The second-order valence-electron chi connectivity index (χ2n) is 4.11. The molecule has 2 rings (SSSR count). The molecule has 0 aromatic heterocycles. The molecule has 0 radical (unpaired) electrons. The summed E-state index contributed by atoms with van der Waals surface area (Å²) in [4.78, 5) is 0. The number of ether oxygens (including phenoxy) is 1. The molecule has 0 fully saturated rings. The highest BCUT2D eigenvalue weighted by Crippen LogP contribution is 2.37. The lowest BCUT2D eigenvalue weighted by Gasteiger charge is -2.11. The van der Waals surface area contributed by atoms with Gasteiger partial charge in [0.25, 0.3) is 0 Å². The lowest BCUT2D eigenvalue weighted by Crippen LogP contribution is -2.17. The van der Waals surface area contributed by atoms with E-state index in [0.717, 1.165) is 24.0 Å². The molecule has 16 heavy (non-hydrogen) atoms. The van der Waals surface area contributed by atoms with Crippen LogP contribution in [0.15, 0.2) is 12.1 Å². The Morgan fingerprint density at radius 1 is 1.25 bits per heavy atom. The molecule has 0 saturated carbocycles. The molecule has 1 aliphatic rings. The maximum Gasteiger partial charge on any atom is 0.573 e. The van der Waals surface area contributed by atoms with Gasteiger partial charge in [-0.25, -0.2) is 0 Å². The fourth-order valence-electron chi connectivity index (χ4n) is 2.04. The minimum Gasteiger partial charge on any atom is -0.404 e. The van der Waals surface area contributed by atoms with Gasteiger partial charge in [-0.1, -0.05) is 18.5 Å². The van der Waals surface area contributed by atoms with Crippen LogP contribution in [0, 0.1) is 5.92 Å². The van der Waals surface area contributed by atoms with E-state index in [1.165, 1.54) is 6.07 Å². The van der Waals surface area contributed by atoms with Crippen LogP contribution in [0.5, 0.6) is 5.75 Å². The minimum absolute atomic E-state index is 0.0187. The lowest BCUT2D eigenvalue weighted by molar-refractivity contribution is -0.274. The average Bonchev–Trinajstić information content (AvgIpc) is 2.42. The van der Waals surface area contributed by atoms with E-state index < -0.39 is 6.36 Å². The Morgan fingerprint density at radius 2 is 1.81 bits per heavy atom. The molecule has 1 aliphatic carbocycles. The van der Waals surface area contributed by atoms with Crippen molar-refractivity contribution in [3.05, 3.63) is 28.3 Å². The van der Waals surface area contributed by atoms with Gasteiger partial charge in [-0.15, -0.1) is 13.2 Å². The Balaban J connectivity index is 2.32. The van der Waals surface area contributed by atoms with E-state index in [4.69, 9.17) is 11.6 Å². The molecule has 0 heterocycles. The maximum absolute atomic E-state index is 12.1. The van der Waals surface area contributed by atoms with E-state index >= 15 is 0 Å². The Morgan fingerprint density at radius 3 is 2.38 bits per heavy atom. The van der Waals surface area contributed by atoms with Crippen molar-refractivity contribution in [3.63, 3.8) is 0 Å². The fraction of sp³-hybridized carbons (Fsp3) is 0.455. The minimum atomic E-state index is -4.69. The smallest absolute Gasteiger partial charge is 0.404 e. The van der Waals surface area contributed by atoms with Gasteiger partial charge in [0.05, 0.1) is 5.02 Å². The summed E-state index contributed by atoms with van der Waals surface area (Å²) < 4.78 is 40.1. The first kappa shape index (κ1) is 11.6. The zero-order valence-electron chi connectivity index (χ0n) is 8.57. The number of halogens is 4. The number of benzene rings is 1. The molecular formula is C11H10ClF3O. The molecule has 0 amide bonds. The molecule has 0 N–H and O–H groups in total. The first-order chi connectivity index (χ1) is 7.35. The van der Waals surface area contributed by atoms with E-state index in [-0.39, 0.29) is 10.8 Å². The largest absolute Gasteiger partial charge is 0.573 e. The van der Waals surface area contributed by atoms with Gasteiger partial charge < -0.3 is 4.74 Å². The van der Waals surface area contributed by atoms with E-state index in [1.54, 1.807) is 6.07 Å². The van der Waals surface area contributed by atoms with Crippen molar-refractivity contribution >= 4 is 11.6 Å². The molecule has 88 valence electrons. The van der Waals surface area contributed by atoms with Crippen LogP contribution in [0.1, 0.15) is 18.1 Å². The van der Waals surface area contributed by atoms with Crippen LogP contribution in [0.25, 0.3) is 0 Å². The van der Waals surface area contributed by atoms with E-state index in [1.807, 2.05) is 0 Å². The molecule has 0 aliphatic heterocycles. The number of hydrogen-bond donors (Lipinski definition) is 0. The third kappa shape index (κ3) is 2.43. The van der Waals surface area contributed by atoms with E-state index in [9.17, 15) is 13.2 Å². The van der Waals surface area contributed by atoms with Crippen molar-refractivity contribution in [3.8, 4) is 5.75 Å². The summed E-state index contributed by atoms with van der Waals surface area (Å²) in [5, 5.41) is 0.0187. The van der Waals surface area contributed by atoms with Gasteiger partial charge in [0, 0.05) is 0 Å². The van der Waals surface area contributed by atoms with Crippen LogP contribution in [-0.2, 0) is 12.8 Å². The van der Waals surface area contributed by atoms with Crippen LogP contribution in [0.3, 0.4) is 0 Å². The summed E-state index contributed by atoms with van der Waals surface area (Å²) in [6.45, 7) is 2.05. The van der Waals surface area contributed by atoms with Crippen LogP contribution < -0.4 is 4.74 Å². The normalized spacial score (nSPS) is 19.7. The summed E-state index contributed by atoms with van der Waals surface area (Å²) >= 11 is 5.74. The van der Waals surface area contributed by atoms with Crippen LogP contribution in [0.4, 0.5) is 13.2 Å². The van der Waals surface area contributed by atoms with Crippen LogP contribution in [-0.4, -0.2) is 6.36 Å². The average molecular weight is 251 g/mol. The monoisotopic (exact) mass is 250 g/mol. The highest BCUT2D eigenvalue weighted by Gasteiger charge is 2.33. The summed E-state index contributed by atoms with van der Waals surface area (Å²) in [7, 11) is 0. The van der Waals surface area contributed by atoms with Crippen molar-refractivity contribution in [2.75, 3.05) is 0 Å². The van der Waals surface area contributed by atoms with Gasteiger partial charge in [-0.2, -0.15) is 0 Å². The van der Waals surface area contributed by atoms with E-state index in [0.29, 0.717) is 5.92 Å². The van der Waals surface area contributed by atoms with E-state index in [2.05, 4.69) is 11.7 Å². The SMILES string of the molecule is CC1Cc2cc(Cl)c(OC(F)(F)F)cc2C1. The third-order valence-electron chi connectivity index (χ3n) is 2.62. The van der Waals surface area contributed by atoms with Gasteiger partial charge in [0.15, 0.2) is 0 Å². The molecule has 0 saturated heterocycles. The molecule has 1 atom stereocenters. The Hall–Kier alpha value is -0.900. The van der Waals surface area contributed by atoms with Crippen molar-refractivity contribution < 1.29 is 17.9 Å². The highest BCUT2D eigenvalue weighted by molar-refractivity contribution is 6.32. The molecule has 0 spiro atoms. The summed E-state index contributed by atoms with van der Waals surface area (Å²) in [6.07, 6.45) is -3.05. The maximum atomic E-state index is 12.1. The molecule has 1 aromatic carbocycles. The quantitative estimate of drug-likeness (QED) is 0.733. The molecule has 1 nitrogen and oxygen atoms in total.